The van der Waals surface area contributed by atoms with Crippen LogP contribution >= 0.6 is 15.2 Å². The standard InChI is InChI=1S/C99H186O7P2/c1-15-19-23-27-31-35-39-43-47-51-55-59-63-67-71-75-79-99(90-83-88(5)94(100)91(86-90)96(6,7)8,80-76-72-68-64-60-56-52-48-44-40-36-32-28-24-20-16-2)108(102,103)106-95-92(97(9,10)11)84-89(85-93(95)98(12,13)14)87-107(101,104-81-77-73-69-65-61-57-53-49-45-41-37-33-29-25-21-17-3)105-82-78-74-70-66-62-58-54-50-46-42-38-34-30-26-22-18-4/h83-86,100H,15-82,87H2,1-14H3,(H,102,103). The number of aromatic hydroxyl groups is 1. The Balaban J connectivity index is 2.54. The van der Waals surface area contributed by atoms with E-state index in [4.69, 9.17) is 13.6 Å². The van der Waals surface area contributed by atoms with Crippen LogP contribution in [0.1, 0.15) is 547 Å². The largest absolute Gasteiger partial charge is 0.507 e. The van der Waals surface area contributed by atoms with Gasteiger partial charge < -0.3 is 23.6 Å². The molecule has 634 valence electrons. The van der Waals surface area contributed by atoms with Gasteiger partial charge in [-0.05, 0) is 71.1 Å². The highest BCUT2D eigenvalue weighted by Crippen LogP contribution is 2.67. The van der Waals surface area contributed by atoms with Crippen molar-refractivity contribution < 1.29 is 32.7 Å². The van der Waals surface area contributed by atoms with Crippen molar-refractivity contribution in [2.45, 2.75) is 548 Å². The van der Waals surface area contributed by atoms with Crippen LogP contribution in [0.15, 0.2) is 24.3 Å². The summed E-state index contributed by atoms with van der Waals surface area (Å²) in [7, 11) is -8.34. The van der Waals surface area contributed by atoms with E-state index in [2.05, 4.69) is 108 Å². The molecule has 2 N–H and O–H groups in total. The number of benzene rings is 2. The van der Waals surface area contributed by atoms with Crippen molar-refractivity contribution in [1.29, 1.82) is 0 Å². The molecule has 0 aliphatic heterocycles. The Hall–Kier alpha value is -1.62. The molecule has 0 bridgehead atoms. The van der Waals surface area contributed by atoms with Crippen LogP contribution in [0.4, 0.5) is 0 Å². The molecule has 2 rings (SSSR count). The molecule has 9 heteroatoms. The average Bonchev–Trinajstić information content (AvgIpc) is 0.736. The summed E-state index contributed by atoms with van der Waals surface area (Å²) in [6, 6.07) is 8.35. The van der Waals surface area contributed by atoms with E-state index in [1.165, 1.54) is 334 Å². The predicted octanol–water partition coefficient (Wildman–Crippen LogP) is 35.6. The van der Waals surface area contributed by atoms with Crippen LogP contribution in [0.25, 0.3) is 0 Å². The van der Waals surface area contributed by atoms with Gasteiger partial charge in [-0.25, -0.2) is 4.57 Å². The van der Waals surface area contributed by atoms with Crippen LogP contribution in [-0.4, -0.2) is 23.2 Å². The molecule has 0 aromatic heterocycles. The molecule has 0 aliphatic rings. The predicted molar refractivity (Wildman–Crippen MR) is 478 cm³/mol. The lowest BCUT2D eigenvalue weighted by Crippen LogP contribution is -2.31. The highest BCUT2D eigenvalue weighted by atomic mass is 31.2. The fourth-order valence-corrected chi connectivity index (χ4v) is 20.3. The van der Waals surface area contributed by atoms with Gasteiger partial charge in [0, 0.05) is 11.1 Å². The van der Waals surface area contributed by atoms with Gasteiger partial charge in [-0.15, -0.1) is 0 Å². The smallest absolute Gasteiger partial charge is 0.387 e. The van der Waals surface area contributed by atoms with E-state index in [0.29, 0.717) is 31.8 Å². The van der Waals surface area contributed by atoms with E-state index >= 15 is 9.13 Å². The number of phenols is 1. The molecule has 0 amide bonds. The second kappa shape index (κ2) is 63.6. The highest BCUT2D eigenvalue weighted by Gasteiger charge is 2.52. The van der Waals surface area contributed by atoms with Gasteiger partial charge in [-0.3, -0.25) is 4.57 Å². The van der Waals surface area contributed by atoms with Crippen molar-refractivity contribution in [3.8, 4) is 11.5 Å². The molecule has 0 saturated carbocycles. The summed E-state index contributed by atoms with van der Waals surface area (Å²) in [5, 5.41) is 10.6. The Morgan fingerprint density at radius 3 is 0.759 bits per heavy atom. The van der Waals surface area contributed by atoms with Gasteiger partial charge in [-0.1, -0.05) is 512 Å². The van der Waals surface area contributed by atoms with Crippen molar-refractivity contribution in [3.63, 3.8) is 0 Å². The van der Waals surface area contributed by atoms with E-state index in [1.54, 1.807) is 0 Å². The van der Waals surface area contributed by atoms with Crippen LogP contribution in [0.3, 0.4) is 0 Å². The average molecular weight is 1550 g/mol. The number of aryl methyl sites for hydroxylation is 1. The zero-order chi connectivity index (χ0) is 79.4. The minimum atomic E-state index is -4.68. The number of unbranched alkanes of at least 4 members (excludes halogenated alkanes) is 60. The highest BCUT2D eigenvalue weighted by molar-refractivity contribution is 7.54. The Labute approximate surface area is 674 Å². The molecule has 1 atom stereocenters. The van der Waals surface area contributed by atoms with Gasteiger partial charge in [0.25, 0.3) is 0 Å². The number of phenolic OH excluding ortho intramolecular Hbond substituents is 1. The summed E-state index contributed by atoms with van der Waals surface area (Å²) >= 11 is 0. The Morgan fingerprint density at radius 2 is 0.528 bits per heavy atom. The summed E-state index contributed by atoms with van der Waals surface area (Å²) in [4.78, 5) is 13.8. The Bertz CT molecular complexity index is 2400. The maximum atomic E-state index is 16.9. The first-order chi connectivity index (χ1) is 51.9. The first kappa shape index (κ1) is 102. The molecule has 0 fully saturated rings. The third kappa shape index (κ3) is 48.7. The molecule has 0 heterocycles. The van der Waals surface area contributed by atoms with Gasteiger partial charge in [0.15, 0.2) is 0 Å². The second-order valence-electron chi connectivity index (χ2n) is 37.8. The maximum absolute atomic E-state index is 16.9. The molecular formula is C99H186O7P2. The van der Waals surface area contributed by atoms with Crippen molar-refractivity contribution in [1.82, 2.24) is 0 Å². The number of hydrogen-bond donors (Lipinski definition) is 2. The molecule has 108 heavy (non-hydrogen) atoms. The van der Waals surface area contributed by atoms with Gasteiger partial charge in [0.1, 0.15) is 16.7 Å². The molecule has 0 spiro atoms. The summed E-state index contributed by atoms with van der Waals surface area (Å²) in [5.74, 6) is 0.733. The van der Waals surface area contributed by atoms with Gasteiger partial charge >= 0.3 is 15.2 Å². The molecular weight excluding hydrogens is 1360 g/mol. The molecule has 1 unspecified atom stereocenters. The summed E-state index contributed by atoms with van der Waals surface area (Å²) in [6.45, 7) is 31.4. The molecule has 0 saturated heterocycles. The molecule has 7 nitrogen and oxygen atoms in total. The van der Waals surface area contributed by atoms with E-state index in [0.717, 1.165) is 110 Å². The molecule has 0 radical (unpaired) electrons. The number of rotatable bonds is 76. The van der Waals surface area contributed by atoms with E-state index < -0.39 is 36.6 Å². The third-order valence-electron chi connectivity index (χ3n) is 24.0. The van der Waals surface area contributed by atoms with Crippen molar-refractivity contribution >= 4 is 15.2 Å². The maximum Gasteiger partial charge on any atom is 0.387 e. The summed E-state index contributed by atoms with van der Waals surface area (Å²) in [6.07, 6.45) is 83.0. The molecule has 2 aromatic carbocycles. The van der Waals surface area contributed by atoms with Crippen molar-refractivity contribution in [3.05, 3.63) is 57.6 Å². The normalized spacial score (nSPS) is 13.2. The van der Waals surface area contributed by atoms with Crippen LogP contribution in [0.2, 0.25) is 0 Å². The minimum absolute atomic E-state index is 0.124. The van der Waals surface area contributed by atoms with Crippen LogP contribution < -0.4 is 4.52 Å². The zero-order valence-electron chi connectivity index (χ0n) is 74.9. The monoisotopic (exact) mass is 1550 g/mol. The van der Waals surface area contributed by atoms with E-state index in [-0.39, 0.29) is 11.9 Å². The lowest BCUT2D eigenvalue weighted by atomic mass is 9.78. The summed E-state index contributed by atoms with van der Waals surface area (Å²) in [5.41, 5.74) is 3.37. The van der Waals surface area contributed by atoms with Crippen molar-refractivity contribution in [2.24, 2.45) is 0 Å². The van der Waals surface area contributed by atoms with Gasteiger partial charge in [0.2, 0.25) is 0 Å². The van der Waals surface area contributed by atoms with Gasteiger partial charge in [-0.2, -0.15) is 0 Å². The topological polar surface area (TPSA) is 102 Å². The zero-order valence-corrected chi connectivity index (χ0v) is 76.7. The van der Waals surface area contributed by atoms with Crippen LogP contribution in [-0.2, 0) is 45.7 Å². The quantitative estimate of drug-likeness (QED) is 0.0502. The van der Waals surface area contributed by atoms with Gasteiger partial charge in [0.05, 0.1) is 19.4 Å². The molecule has 0 aliphatic carbocycles. The summed E-state index contributed by atoms with van der Waals surface area (Å²) < 4.78 is 53.0. The van der Waals surface area contributed by atoms with Crippen LogP contribution in [0.5, 0.6) is 11.5 Å². The SMILES string of the molecule is CCCCCCCCCCCCCCCCCCOP(=O)(Cc1cc(C(C)(C)C)c(OP(=O)(O)C(CCCCCCCCCCCCCCCCCC)(CCCCCCCCCCCCCCCCCC)c2cc(C)c(O)c(C(C)(C)C)c2)c(C(C)(C)C)c1)OCCCCCCCCCCCCCCCCCC. The van der Waals surface area contributed by atoms with Crippen molar-refractivity contribution in [2.75, 3.05) is 13.2 Å². The minimum Gasteiger partial charge on any atom is -0.507 e. The fourth-order valence-electron chi connectivity index (χ4n) is 16.7. The Morgan fingerprint density at radius 1 is 0.306 bits per heavy atom. The van der Waals surface area contributed by atoms with E-state index in [1.807, 2.05) is 13.0 Å². The Kier molecular flexibility index (Phi) is 60.3. The number of hydrogen-bond acceptors (Lipinski definition) is 6. The first-order valence-corrected chi connectivity index (χ1v) is 51.2. The second-order valence-corrected chi connectivity index (χ2v) is 41.9. The lowest BCUT2D eigenvalue weighted by molar-refractivity contribution is 0.196. The molecule has 2 aromatic rings. The van der Waals surface area contributed by atoms with E-state index in [9.17, 15) is 10.00 Å². The lowest BCUT2D eigenvalue weighted by Gasteiger charge is -2.40. The first-order valence-electron chi connectivity index (χ1n) is 47.9. The fraction of sp³-hybridized carbons (Fsp3) is 0.879. The van der Waals surface area contributed by atoms with Crippen LogP contribution in [0, 0.1) is 6.92 Å². The third-order valence-corrected chi connectivity index (χ3v) is 28.1.